The zero-order valence-electron chi connectivity index (χ0n) is 10.7. The van der Waals surface area contributed by atoms with Crippen molar-refractivity contribution >= 4 is 12.2 Å². The number of aromatic nitrogens is 1. The number of hydrogen-bond donors (Lipinski definition) is 1. The molecular weight excluding hydrogens is 240 g/mol. The molecule has 1 heterocycles. The third-order valence-electron chi connectivity index (χ3n) is 2.15. The van der Waals surface area contributed by atoms with Crippen LogP contribution < -0.4 is 0 Å². The molecule has 0 spiro atoms. The molecule has 0 saturated heterocycles. The molecule has 0 aliphatic heterocycles. The molecule has 19 heavy (non-hydrogen) atoms. The highest BCUT2D eigenvalue weighted by molar-refractivity contribution is 5.80. The molecule has 0 radical (unpaired) electrons. The third-order valence-corrected chi connectivity index (χ3v) is 2.15. The summed E-state index contributed by atoms with van der Waals surface area (Å²) in [4.78, 5) is 7.81. The van der Waals surface area contributed by atoms with E-state index in [4.69, 9.17) is 10.7 Å². The van der Waals surface area contributed by atoms with Gasteiger partial charge in [-0.05, 0) is 30.9 Å². The lowest BCUT2D eigenvalue weighted by atomic mass is 10.2. The molecule has 0 unspecified atom stereocenters. The first-order valence-electron chi connectivity index (χ1n) is 5.76. The minimum absolute atomic E-state index is 0.0899. The summed E-state index contributed by atoms with van der Waals surface area (Å²) in [5, 5.41) is 15.7. The summed E-state index contributed by atoms with van der Waals surface area (Å²) in [6.45, 7) is 0. The van der Waals surface area contributed by atoms with Crippen LogP contribution in [0.5, 0.6) is 0 Å². The van der Waals surface area contributed by atoms with Crippen molar-refractivity contribution in [3.63, 3.8) is 0 Å². The maximum Gasteiger partial charge on any atom is 0.308 e. The van der Waals surface area contributed by atoms with Crippen molar-refractivity contribution in [2.45, 2.75) is 19.3 Å². The number of pyridine rings is 1. The number of rotatable bonds is 3. The van der Waals surface area contributed by atoms with Gasteiger partial charge in [-0.15, -0.1) is 0 Å². The van der Waals surface area contributed by atoms with Crippen molar-refractivity contribution in [2.75, 3.05) is 7.11 Å². The van der Waals surface area contributed by atoms with Gasteiger partial charge in [0.15, 0.2) is 0 Å². The van der Waals surface area contributed by atoms with E-state index in [-0.39, 0.29) is 6.02 Å². The molecular formula is C14H14N4O. The average molecular weight is 254 g/mol. The number of methoxy groups -OCH3 is 1. The Kier molecular flexibility index (Phi) is 6.39. The van der Waals surface area contributed by atoms with Crippen molar-refractivity contribution in [3.05, 3.63) is 29.6 Å². The van der Waals surface area contributed by atoms with Crippen LogP contribution in [-0.2, 0) is 4.74 Å². The van der Waals surface area contributed by atoms with E-state index in [2.05, 4.69) is 26.6 Å². The molecule has 0 saturated carbocycles. The first-order chi connectivity index (χ1) is 9.26. The predicted octanol–water partition coefficient (Wildman–Crippen LogP) is 2.13. The Hall–Kier alpha value is -2.66. The number of amidine groups is 1. The second-order valence-corrected chi connectivity index (χ2v) is 3.56. The second kappa shape index (κ2) is 8.43. The Bertz CT molecular complexity index is 544. The number of ether oxygens (including phenoxy) is 1. The van der Waals surface area contributed by atoms with E-state index in [0.717, 1.165) is 19.3 Å². The molecule has 1 aromatic rings. The van der Waals surface area contributed by atoms with Crippen molar-refractivity contribution in [2.24, 2.45) is 4.99 Å². The van der Waals surface area contributed by atoms with Gasteiger partial charge < -0.3 is 4.74 Å². The highest BCUT2D eigenvalue weighted by Gasteiger charge is 1.90. The van der Waals surface area contributed by atoms with Crippen LogP contribution in [0.4, 0.5) is 0 Å². The second-order valence-electron chi connectivity index (χ2n) is 3.56. The minimum Gasteiger partial charge on any atom is -0.467 e. The largest absolute Gasteiger partial charge is 0.467 e. The molecule has 1 rings (SSSR count). The Balaban J connectivity index is 2.30. The fourth-order valence-corrected chi connectivity index (χ4v) is 1.17. The fourth-order valence-electron chi connectivity index (χ4n) is 1.17. The van der Waals surface area contributed by atoms with Gasteiger partial charge in [-0.25, -0.2) is 15.4 Å². The number of aliphatic imine (C=N–C) groups is 1. The molecule has 0 aliphatic rings. The van der Waals surface area contributed by atoms with E-state index in [9.17, 15) is 0 Å². The van der Waals surface area contributed by atoms with E-state index in [1.165, 1.54) is 13.3 Å². The Labute approximate surface area is 112 Å². The smallest absolute Gasteiger partial charge is 0.308 e. The van der Waals surface area contributed by atoms with Gasteiger partial charge in [0, 0.05) is 18.8 Å². The Morgan fingerprint density at radius 1 is 1.58 bits per heavy atom. The van der Waals surface area contributed by atoms with Crippen LogP contribution in [-0.4, -0.2) is 24.3 Å². The summed E-state index contributed by atoms with van der Waals surface area (Å²) >= 11 is 0. The maximum absolute atomic E-state index is 8.62. The molecule has 0 fully saturated rings. The highest BCUT2D eigenvalue weighted by Crippen LogP contribution is 1.98. The SMILES string of the molecule is COC(=N)N=CCCCC#Cc1ccc(C#N)cn1. The van der Waals surface area contributed by atoms with Crippen molar-refractivity contribution < 1.29 is 4.74 Å². The maximum atomic E-state index is 8.62. The van der Waals surface area contributed by atoms with Crippen LogP contribution in [0.25, 0.3) is 0 Å². The highest BCUT2D eigenvalue weighted by atomic mass is 16.5. The van der Waals surface area contributed by atoms with Crippen LogP contribution in [0.1, 0.15) is 30.5 Å². The van der Waals surface area contributed by atoms with E-state index >= 15 is 0 Å². The van der Waals surface area contributed by atoms with Crippen molar-refractivity contribution in [3.8, 4) is 17.9 Å². The average Bonchev–Trinajstić information content (AvgIpc) is 2.46. The van der Waals surface area contributed by atoms with Gasteiger partial charge in [0.05, 0.1) is 12.7 Å². The number of nitriles is 1. The summed E-state index contributed by atoms with van der Waals surface area (Å²) in [6.07, 6.45) is 5.50. The monoisotopic (exact) mass is 254 g/mol. The van der Waals surface area contributed by atoms with Gasteiger partial charge in [0.25, 0.3) is 0 Å². The summed E-state index contributed by atoms with van der Waals surface area (Å²) < 4.78 is 4.58. The van der Waals surface area contributed by atoms with Gasteiger partial charge in [0.2, 0.25) is 0 Å². The molecule has 1 N–H and O–H groups in total. The van der Waals surface area contributed by atoms with Crippen molar-refractivity contribution in [1.82, 2.24) is 4.98 Å². The lowest BCUT2D eigenvalue weighted by molar-refractivity contribution is 0.393. The zero-order chi connectivity index (χ0) is 13.9. The quantitative estimate of drug-likeness (QED) is 0.388. The van der Waals surface area contributed by atoms with Crippen LogP contribution in [0.3, 0.4) is 0 Å². The van der Waals surface area contributed by atoms with Gasteiger partial charge in [-0.3, -0.25) is 0 Å². The van der Waals surface area contributed by atoms with Crippen LogP contribution in [0, 0.1) is 28.6 Å². The molecule has 1 aromatic heterocycles. The van der Waals surface area contributed by atoms with Crippen LogP contribution in [0.15, 0.2) is 23.3 Å². The predicted molar refractivity (Wildman–Crippen MR) is 72.9 cm³/mol. The summed E-state index contributed by atoms with van der Waals surface area (Å²) in [7, 11) is 1.41. The number of hydrogen-bond acceptors (Lipinski definition) is 4. The number of nitrogens with one attached hydrogen (secondary N) is 1. The normalized spacial score (nSPS) is 9.47. The van der Waals surface area contributed by atoms with E-state index in [0.29, 0.717) is 11.3 Å². The molecule has 0 bridgehead atoms. The Morgan fingerprint density at radius 2 is 2.42 bits per heavy atom. The molecule has 5 heteroatoms. The van der Waals surface area contributed by atoms with Crippen molar-refractivity contribution in [1.29, 1.82) is 10.7 Å². The van der Waals surface area contributed by atoms with Gasteiger partial charge >= 0.3 is 6.02 Å². The first kappa shape index (κ1) is 14.4. The zero-order valence-corrected chi connectivity index (χ0v) is 10.7. The molecule has 5 nitrogen and oxygen atoms in total. The van der Waals surface area contributed by atoms with Crippen LogP contribution in [0.2, 0.25) is 0 Å². The van der Waals surface area contributed by atoms with E-state index in [1.54, 1.807) is 18.3 Å². The van der Waals surface area contributed by atoms with Gasteiger partial charge in [-0.1, -0.05) is 5.92 Å². The number of unbranched alkanes of at least 4 members (excludes halogenated alkanes) is 2. The molecule has 0 aromatic carbocycles. The first-order valence-corrected chi connectivity index (χ1v) is 5.76. The van der Waals surface area contributed by atoms with E-state index < -0.39 is 0 Å². The topological polar surface area (TPSA) is 82.1 Å². The molecule has 96 valence electrons. The standard InChI is InChI=1S/C14H14N4O/c1-19-14(16)17-9-5-3-2-4-6-13-8-7-12(10-15)11-18-13/h7-9,11,16H,2-3,5H2,1H3. The minimum atomic E-state index is -0.0899. The van der Waals surface area contributed by atoms with Gasteiger partial charge in [-0.2, -0.15) is 5.26 Å². The third kappa shape index (κ3) is 5.99. The summed E-state index contributed by atoms with van der Waals surface area (Å²) in [5.74, 6) is 5.92. The van der Waals surface area contributed by atoms with E-state index in [1.807, 2.05) is 6.07 Å². The summed E-state index contributed by atoms with van der Waals surface area (Å²) in [6, 6.07) is 5.34. The fraction of sp³-hybridized carbons (Fsp3) is 0.286. The molecule has 0 amide bonds. The Morgan fingerprint density at radius 3 is 3.05 bits per heavy atom. The number of nitrogens with zero attached hydrogens (tertiary/aromatic N) is 3. The van der Waals surface area contributed by atoms with Crippen LogP contribution >= 0.6 is 0 Å². The van der Waals surface area contributed by atoms with Gasteiger partial charge in [0.1, 0.15) is 11.8 Å². The lowest BCUT2D eigenvalue weighted by Gasteiger charge is -1.92. The lowest BCUT2D eigenvalue weighted by Crippen LogP contribution is -1.93. The molecule has 0 aliphatic carbocycles. The summed E-state index contributed by atoms with van der Waals surface area (Å²) in [5.41, 5.74) is 1.19. The molecule has 0 atom stereocenters.